The fourth-order valence-electron chi connectivity index (χ4n) is 3.03. The summed E-state index contributed by atoms with van der Waals surface area (Å²) < 4.78 is 68.9. The van der Waals surface area contributed by atoms with E-state index in [0.29, 0.717) is 0 Å². The van der Waals surface area contributed by atoms with E-state index in [1.54, 1.807) is 6.07 Å². The van der Waals surface area contributed by atoms with Crippen LogP contribution in [0.15, 0.2) is 52.3 Å². The van der Waals surface area contributed by atoms with Crippen LogP contribution in [0, 0.1) is 22.6 Å². The van der Waals surface area contributed by atoms with Gasteiger partial charge in [0.05, 0.1) is 34.0 Å². The Kier molecular flexibility index (Phi) is 5.88. The van der Waals surface area contributed by atoms with Gasteiger partial charge >= 0.3 is 0 Å². The van der Waals surface area contributed by atoms with Gasteiger partial charge in [0.25, 0.3) is 0 Å². The van der Waals surface area contributed by atoms with Crippen molar-refractivity contribution in [2.24, 2.45) is 5.41 Å². The minimum atomic E-state index is -3.87. The molecule has 0 radical (unpaired) electrons. The van der Waals surface area contributed by atoms with Crippen molar-refractivity contribution in [2.45, 2.75) is 9.79 Å². The van der Waals surface area contributed by atoms with Gasteiger partial charge in [0.2, 0.25) is 10.0 Å². The van der Waals surface area contributed by atoms with E-state index in [9.17, 15) is 26.3 Å². The predicted molar refractivity (Wildman–Crippen MR) is 104 cm³/mol. The summed E-state index contributed by atoms with van der Waals surface area (Å²) in [4.78, 5) is -0.0469. The minimum Gasteiger partial charge on any atom is -0.493 e. The average molecular weight is 455 g/mol. The summed E-state index contributed by atoms with van der Waals surface area (Å²) in [6, 6.07) is 10.3. The molecule has 1 aliphatic heterocycles. The first-order valence-electron chi connectivity index (χ1n) is 8.74. The molecule has 2 aromatic carbocycles. The van der Waals surface area contributed by atoms with Crippen LogP contribution in [0.3, 0.4) is 0 Å². The van der Waals surface area contributed by atoms with E-state index in [-0.39, 0.29) is 47.4 Å². The first kappa shape index (κ1) is 22.2. The average Bonchev–Trinajstić information content (AvgIpc) is 2.67. The van der Waals surface area contributed by atoms with Gasteiger partial charge in [-0.3, -0.25) is 0 Å². The lowest BCUT2D eigenvalue weighted by Crippen LogP contribution is -2.62. The van der Waals surface area contributed by atoms with E-state index in [4.69, 9.17) is 10.00 Å². The van der Waals surface area contributed by atoms with Gasteiger partial charge in [-0.15, -0.1) is 0 Å². The maximum absolute atomic E-state index is 13.7. The number of rotatable bonds is 7. The van der Waals surface area contributed by atoms with Gasteiger partial charge in [-0.25, -0.2) is 21.2 Å². The number of sulfonamides is 1. The topological polar surface area (TPSA) is 125 Å². The third-order valence-corrected chi connectivity index (χ3v) is 7.79. The van der Waals surface area contributed by atoms with Crippen LogP contribution in [-0.2, 0) is 19.9 Å². The van der Waals surface area contributed by atoms with Gasteiger partial charge in [0.1, 0.15) is 17.6 Å². The number of aliphatic hydroxyl groups excluding tert-OH is 1. The second-order valence-electron chi connectivity index (χ2n) is 7.22. The van der Waals surface area contributed by atoms with Crippen molar-refractivity contribution in [1.29, 1.82) is 5.26 Å². The van der Waals surface area contributed by atoms with Crippen LogP contribution in [-0.4, -0.2) is 58.8 Å². The molecule has 3 rings (SSSR count). The van der Waals surface area contributed by atoms with Gasteiger partial charge in [0, 0.05) is 25.4 Å². The highest BCUT2D eigenvalue weighted by Gasteiger charge is 2.49. The number of sulfone groups is 1. The number of halogens is 1. The smallest absolute Gasteiger partial charge is 0.243 e. The highest BCUT2D eigenvalue weighted by atomic mass is 32.2. The largest absolute Gasteiger partial charge is 0.493 e. The molecule has 0 spiro atoms. The molecule has 8 nitrogen and oxygen atoms in total. The van der Waals surface area contributed by atoms with Gasteiger partial charge in [0.15, 0.2) is 9.84 Å². The van der Waals surface area contributed by atoms with E-state index in [2.05, 4.69) is 0 Å². The standard InChI is InChI=1S/C19H19FN2O6S2/c1-29(24,25)16-4-6-17(7-5-16)30(26,27)22-10-19(11-22,12-23)13-28-15-3-2-14(9-21)18(20)8-15/h2-8,23H,10-13H2,1H3. The Morgan fingerprint density at radius 3 is 2.23 bits per heavy atom. The molecule has 0 atom stereocenters. The molecular formula is C19H19FN2O6S2. The normalized spacial score (nSPS) is 16.5. The van der Waals surface area contributed by atoms with Crippen LogP contribution >= 0.6 is 0 Å². The maximum Gasteiger partial charge on any atom is 0.243 e. The molecule has 30 heavy (non-hydrogen) atoms. The molecule has 0 bridgehead atoms. The van der Waals surface area contributed by atoms with Crippen molar-refractivity contribution in [1.82, 2.24) is 4.31 Å². The Hall–Kier alpha value is -2.52. The summed E-state index contributed by atoms with van der Waals surface area (Å²) in [5, 5.41) is 18.5. The number of ether oxygens (including phenoxy) is 1. The summed E-state index contributed by atoms with van der Waals surface area (Å²) in [5.41, 5.74) is -0.980. The Balaban J connectivity index is 1.68. The van der Waals surface area contributed by atoms with Crippen LogP contribution in [0.25, 0.3) is 0 Å². The second-order valence-corrected chi connectivity index (χ2v) is 11.2. The molecular weight excluding hydrogens is 435 g/mol. The van der Waals surface area contributed by atoms with Crippen molar-refractivity contribution >= 4 is 19.9 Å². The van der Waals surface area contributed by atoms with Gasteiger partial charge in [-0.1, -0.05) is 0 Å². The minimum absolute atomic E-state index is 0.0119. The summed E-state index contributed by atoms with van der Waals surface area (Å²) in [7, 11) is -7.31. The molecule has 0 amide bonds. The summed E-state index contributed by atoms with van der Waals surface area (Å²) in [6.07, 6.45) is 1.03. The molecule has 1 aliphatic rings. The van der Waals surface area contributed by atoms with Gasteiger partial charge in [-0.05, 0) is 36.4 Å². The lowest BCUT2D eigenvalue weighted by Gasteiger charge is -2.47. The molecule has 0 saturated carbocycles. The Labute approximate surface area is 174 Å². The van der Waals surface area contributed by atoms with E-state index in [1.807, 2.05) is 0 Å². The Morgan fingerprint density at radius 1 is 1.13 bits per heavy atom. The summed E-state index contributed by atoms with van der Waals surface area (Å²) in [6.45, 7) is -0.421. The van der Waals surface area contributed by atoms with Crippen molar-refractivity contribution in [3.8, 4) is 11.8 Å². The Bertz CT molecular complexity index is 1200. The zero-order chi connectivity index (χ0) is 22.2. The van der Waals surface area contributed by atoms with Crippen molar-refractivity contribution < 1.29 is 31.1 Å². The molecule has 0 unspecified atom stereocenters. The van der Waals surface area contributed by atoms with E-state index < -0.39 is 31.1 Å². The fourth-order valence-corrected chi connectivity index (χ4v) is 5.33. The van der Waals surface area contributed by atoms with Crippen molar-refractivity contribution in [3.05, 3.63) is 53.8 Å². The second kappa shape index (κ2) is 7.96. The number of hydrogen-bond donors (Lipinski definition) is 1. The molecule has 0 aliphatic carbocycles. The number of aliphatic hydroxyl groups is 1. The lowest BCUT2D eigenvalue weighted by molar-refractivity contribution is -0.0273. The van der Waals surface area contributed by atoms with Crippen LogP contribution < -0.4 is 4.74 Å². The highest BCUT2D eigenvalue weighted by molar-refractivity contribution is 7.90. The number of hydrogen-bond acceptors (Lipinski definition) is 7. The highest BCUT2D eigenvalue weighted by Crippen LogP contribution is 2.35. The van der Waals surface area contributed by atoms with Gasteiger partial charge < -0.3 is 9.84 Å². The summed E-state index contributed by atoms with van der Waals surface area (Å²) >= 11 is 0. The van der Waals surface area contributed by atoms with E-state index in [1.165, 1.54) is 36.4 Å². The van der Waals surface area contributed by atoms with Crippen molar-refractivity contribution in [2.75, 3.05) is 32.6 Å². The number of nitrogens with zero attached hydrogens (tertiary/aromatic N) is 2. The zero-order valence-electron chi connectivity index (χ0n) is 15.9. The molecule has 2 aromatic rings. The maximum atomic E-state index is 13.7. The van der Waals surface area contributed by atoms with Crippen molar-refractivity contribution in [3.63, 3.8) is 0 Å². The number of benzene rings is 2. The molecule has 1 heterocycles. The summed E-state index contributed by atoms with van der Waals surface area (Å²) in [5.74, 6) is -0.569. The molecule has 11 heteroatoms. The predicted octanol–water partition coefficient (Wildman–Crippen LogP) is 1.16. The molecule has 160 valence electrons. The van der Waals surface area contributed by atoms with E-state index in [0.717, 1.165) is 16.6 Å². The Morgan fingerprint density at radius 2 is 1.73 bits per heavy atom. The lowest BCUT2D eigenvalue weighted by atomic mass is 9.83. The van der Waals surface area contributed by atoms with Crippen LogP contribution in [0.4, 0.5) is 4.39 Å². The fraction of sp³-hybridized carbons (Fsp3) is 0.316. The van der Waals surface area contributed by atoms with Crippen LogP contribution in [0.5, 0.6) is 5.75 Å². The first-order chi connectivity index (χ1) is 14.0. The third-order valence-electron chi connectivity index (χ3n) is 4.85. The molecule has 1 fully saturated rings. The quantitative estimate of drug-likeness (QED) is 0.666. The van der Waals surface area contributed by atoms with Gasteiger partial charge in [-0.2, -0.15) is 9.57 Å². The monoisotopic (exact) mass is 454 g/mol. The zero-order valence-corrected chi connectivity index (χ0v) is 17.6. The SMILES string of the molecule is CS(=O)(=O)c1ccc(S(=O)(=O)N2CC(CO)(COc3ccc(C#N)c(F)c3)C2)cc1. The van der Waals surface area contributed by atoms with E-state index >= 15 is 0 Å². The first-order valence-corrected chi connectivity index (χ1v) is 12.1. The molecule has 1 N–H and O–H groups in total. The van der Waals surface area contributed by atoms with Crippen LogP contribution in [0.1, 0.15) is 5.56 Å². The third kappa shape index (κ3) is 4.32. The molecule has 1 saturated heterocycles. The molecule has 0 aromatic heterocycles. The number of nitriles is 1. The van der Waals surface area contributed by atoms with Crippen LogP contribution in [0.2, 0.25) is 0 Å².